The van der Waals surface area contributed by atoms with Gasteiger partial charge in [-0.3, -0.25) is 4.90 Å². The number of carbonyl (C=O) groups is 1. The quantitative estimate of drug-likeness (QED) is 0.738. The molecule has 0 bridgehead atoms. The Morgan fingerprint density at radius 2 is 1.96 bits per heavy atom. The summed E-state index contributed by atoms with van der Waals surface area (Å²) < 4.78 is 10.9. The lowest BCUT2D eigenvalue weighted by molar-refractivity contribution is 0.177. The van der Waals surface area contributed by atoms with Gasteiger partial charge in [0.05, 0.1) is 12.6 Å². The average Bonchev–Trinajstić information content (AvgIpc) is 3.07. The Kier molecular flexibility index (Phi) is 6.34. The number of ether oxygens (including phenoxy) is 2. The zero-order valence-electron chi connectivity index (χ0n) is 16.9. The van der Waals surface area contributed by atoms with Crippen LogP contribution in [0.1, 0.15) is 33.3 Å². The highest BCUT2D eigenvalue weighted by Gasteiger charge is 2.37. The van der Waals surface area contributed by atoms with Crippen LogP contribution in [-0.2, 0) is 11.3 Å². The summed E-state index contributed by atoms with van der Waals surface area (Å²) in [5.41, 5.74) is 1.09. The number of amides is 1. The number of nitrogens with one attached hydrogen (secondary N) is 1. The van der Waals surface area contributed by atoms with E-state index in [4.69, 9.17) is 9.47 Å². The van der Waals surface area contributed by atoms with Crippen molar-refractivity contribution in [2.24, 2.45) is 11.8 Å². The van der Waals surface area contributed by atoms with Gasteiger partial charge in [-0.15, -0.1) is 0 Å². The summed E-state index contributed by atoms with van der Waals surface area (Å²) in [6.45, 7) is 10.0. The molecule has 1 N–H and O–H groups in total. The number of benzene rings is 1. The highest BCUT2D eigenvalue weighted by molar-refractivity contribution is 5.89. The minimum Gasteiger partial charge on any atom is -0.493 e. The van der Waals surface area contributed by atoms with Crippen LogP contribution in [0.5, 0.6) is 5.75 Å². The first-order chi connectivity index (χ1) is 13.4. The summed E-state index contributed by atoms with van der Waals surface area (Å²) >= 11 is 0. The van der Waals surface area contributed by atoms with Gasteiger partial charge < -0.3 is 14.8 Å². The average molecular weight is 384 g/mol. The van der Waals surface area contributed by atoms with Crippen LogP contribution >= 0.6 is 0 Å². The molecule has 1 saturated heterocycles. The molecule has 0 spiro atoms. The van der Waals surface area contributed by atoms with Crippen molar-refractivity contribution in [3.8, 4) is 5.75 Å². The fourth-order valence-corrected chi connectivity index (χ4v) is 2.91. The molecule has 7 nitrogen and oxygen atoms in total. The Labute approximate surface area is 166 Å². The maximum absolute atomic E-state index is 12.1. The second-order valence-electron chi connectivity index (χ2n) is 7.70. The minimum atomic E-state index is -0.361. The lowest BCUT2D eigenvalue weighted by atomic mass is 10.0. The largest absolute Gasteiger partial charge is 0.493 e. The Balaban J connectivity index is 1.63. The molecule has 1 aliphatic heterocycles. The molecule has 2 aromatic rings. The van der Waals surface area contributed by atoms with Crippen LogP contribution in [0, 0.1) is 11.8 Å². The van der Waals surface area contributed by atoms with E-state index >= 15 is 0 Å². The van der Waals surface area contributed by atoms with Crippen molar-refractivity contribution in [1.82, 2.24) is 9.97 Å². The minimum absolute atomic E-state index is 0.0198. The van der Waals surface area contributed by atoms with Crippen LogP contribution in [0.4, 0.5) is 16.6 Å². The molecule has 0 saturated carbocycles. The van der Waals surface area contributed by atoms with E-state index < -0.39 is 0 Å². The predicted molar refractivity (Wildman–Crippen MR) is 109 cm³/mol. The Morgan fingerprint density at radius 1 is 1.21 bits per heavy atom. The molecule has 150 valence electrons. The molecule has 3 rings (SSSR count). The van der Waals surface area contributed by atoms with E-state index in [9.17, 15) is 4.79 Å². The van der Waals surface area contributed by atoms with E-state index in [1.807, 2.05) is 24.3 Å². The van der Waals surface area contributed by atoms with Gasteiger partial charge in [0.2, 0.25) is 5.95 Å². The molecule has 1 aromatic heterocycles. The molecule has 1 fully saturated rings. The zero-order chi connectivity index (χ0) is 20.1. The summed E-state index contributed by atoms with van der Waals surface area (Å²) in [7, 11) is 0. The first-order valence-corrected chi connectivity index (χ1v) is 9.68. The monoisotopic (exact) mass is 384 g/mol. The molecule has 0 aliphatic carbocycles. The molecule has 28 heavy (non-hydrogen) atoms. The van der Waals surface area contributed by atoms with Gasteiger partial charge in [-0.05, 0) is 35.6 Å². The van der Waals surface area contributed by atoms with Crippen LogP contribution in [0.25, 0.3) is 0 Å². The summed E-state index contributed by atoms with van der Waals surface area (Å²) in [6.07, 6.45) is 1.29. The van der Waals surface area contributed by atoms with Crippen molar-refractivity contribution < 1.29 is 14.3 Å². The van der Waals surface area contributed by atoms with Crippen molar-refractivity contribution in [3.05, 3.63) is 42.1 Å². The molecular formula is C21H28N4O3. The molecule has 1 amide bonds. The zero-order valence-corrected chi connectivity index (χ0v) is 16.9. The second kappa shape index (κ2) is 8.91. The summed E-state index contributed by atoms with van der Waals surface area (Å²) in [5.74, 6) is 2.65. The highest BCUT2D eigenvalue weighted by Crippen LogP contribution is 2.26. The number of nitrogens with zero attached hydrogens (tertiary/aromatic N) is 3. The van der Waals surface area contributed by atoms with Crippen molar-refractivity contribution >= 4 is 17.9 Å². The van der Waals surface area contributed by atoms with Crippen molar-refractivity contribution in [1.29, 1.82) is 0 Å². The number of cyclic esters (lactones) is 1. The molecule has 2 heterocycles. The number of aromatic nitrogens is 2. The molecule has 7 heteroatoms. The smallest absolute Gasteiger partial charge is 0.415 e. The van der Waals surface area contributed by atoms with E-state index in [2.05, 4.69) is 43.0 Å². The third-order valence-corrected chi connectivity index (χ3v) is 4.52. The Bertz CT molecular complexity index is 792. The maximum Gasteiger partial charge on any atom is 0.415 e. The van der Waals surface area contributed by atoms with Gasteiger partial charge >= 0.3 is 6.09 Å². The first-order valence-electron chi connectivity index (χ1n) is 9.68. The maximum atomic E-state index is 12.1. The molecule has 1 aliphatic rings. The van der Waals surface area contributed by atoms with E-state index in [1.54, 1.807) is 17.2 Å². The van der Waals surface area contributed by atoms with Crippen LogP contribution in [-0.4, -0.2) is 35.3 Å². The number of rotatable bonds is 8. The normalized spacial score (nSPS) is 16.6. The highest BCUT2D eigenvalue weighted by atomic mass is 16.6. The standard InChI is InChI=1S/C21H28N4O3/c1-14(2)12-27-17-7-5-16(6-8-17)11-23-20-22-10-9-19(24-20)25-18(15(3)4)13-28-21(25)26/h5-10,14-15,18H,11-13H2,1-4H3,(H,22,23,24). The fourth-order valence-electron chi connectivity index (χ4n) is 2.91. The van der Waals surface area contributed by atoms with Crippen molar-refractivity contribution in [2.75, 3.05) is 23.4 Å². The molecule has 0 radical (unpaired) electrons. The van der Waals surface area contributed by atoms with Gasteiger partial charge in [-0.25, -0.2) is 9.78 Å². The van der Waals surface area contributed by atoms with Crippen LogP contribution in [0.2, 0.25) is 0 Å². The topological polar surface area (TPSA) is 76.6 Å². The molecule has 1 atom stereocenters. The fraction of sp³-hybridized carbons (Fsp3) is 0.476. The molecular weight excluding hydrogens is 356 g/mol. The summed E-state index contributed by atoms with van der Waals surface area (Å²) in [6, 6.07) is 9.66. The van der Waals surface area contributed by atoms with E-state index in [-0.39, 0.29) is 18.1 Å². The van der Waals surface area contributed by atoms with Gasteiger partial charge in [0.15, 0.2) is 0 Å². The SMILES string of the molecule is CC(C)COc1ccc(CNc2nccc(N3C(=O)OCC3C(C)C)n2)cc1. The van der Waals surface area contributed by atoms with Gasteiger partial charge in [0.25, 0.3) is 0 Å². The second-order valence-corrected chi connectivity index (χ2v) is 7.70. The third kappa shape index (κ3) is 4.91. The van der Waals surface area contributed by atoms with Gasteiger partial charge in [0.1, 0.15) is 18.2 Å². The predicted octanol–water partition coefficient (Wildman–Crippen LogP) is 4.10. The number of hydrogen-bond donors (Lipinski definition) is 1. The van der Waals surface area contributed by atoms with Crippen LogP contribution in [0.3, 0.4) is 0 Å². The number of anilines is 2. The van der Waals surface area contributed by atoms with Crippen LogP contribution in [0.15, 0.2) is 36.5 Å². The van der Waals surface area contributed by atoms with Gasteiger partial charge in [0, 0.05) is 12.7 Å². The molecule has 1 aromatic carbocycles. The Hall–Kier alpha value is -2.83. The van der Waals surface area contributed by atoms with Gasteiger partial charge in [-0.1, -0.05) is 39.8 Å². The van der Waals surface area contributed by atoms with Gasteiger partial charge in [-0.2, -0.15) is 4.98 Å². The Morgan fingerprint density at radius 3 is 2.64 bits per heavy atom. The van der Waals surface area contributed by atoms with E-state index in [0.29, 0.717) is 37.4 Å². The number of hydrogen-bond acceptors (Lipinski definition) is 6. The van der Waals surface area contributed by atoms with E-state index in [0.717, 1.165) is 11.3 Å². The number of carbonyl (C=O) groups excluding carboxylic acids is 1. The van der Waals surface area contributed by atoms with Crippen LogP contribution < -0.4 is 15.0 Å². The summed E-state index contributed by atoms with van der Waals surface area (Å²) in [5, 5.41) is 3.21. The van der Waals surface area contributed by atoms with E-state index in [1.165, 1.54) is 0 Å². The third-order valence-electron chi connectivity index (χ3n) is 4.52. The lowest BCUT2D eigenvalue weighted by Crippen LogP contribution is -2.37. The summed E-state index contributed by atoms with van der Waals surface area (Å²) in [4.78, 5) is 22.5. The van der Waals surface area contributed by atoms with Crippen molar-refractivity contribution in [3.63, 3.8) is 0 Å². The first kappa shape index (κ1) is 19.9. The molecule has 1 unspecified atom stereocenters. The lowest BCUT2D eigenvalue weighted by Gasteiger charge is -2.23. The van der Waals surface area contributed by atoms with Crippen molar-refractivity contribution in [2.45, 2.75) is 40.3 Å².